The minimum absolute atomic E-state index is 0.00886. The average Bonchev–Trinajstić information content (AvgIpc) is 2.69. The molecule has 7 heteroatoms. The number of carbonyl (C=O) groups is 1. The van der Waals surface area contributed by atoms with Crippen LogP contribution in [0.5, 0.6) is 0 Å². The molecule has 1 amide bonds. The van der Waals surface area contributed by atoms with Crippen molar-refractivity contribution in [2.75, 3.05) is 19.3 Å². The van der Waals surface area contributed by atoms with Gasteiger partial charge in [-0.15, -0.1) is 0 Å². The summed E-state index contributed by atoms with van der Waals surface area (Å²) in [6.45, 7) is 6.37. The van der Waals surface area contributed by atoms with Crippen LogP contribution < -0.4 is 10.6 Å². The second kappa shape index (κ2) is 6.76. The van der Waals surface area contributed by atoms with Crippen LogP contribution in [0.4, 0.5) is 4.79 Å². The van der Waals surface area contributed by atoms with Crippen LogP contribution in [0.25, 0.3) is 0 Å². The Morgan fingerprint density at radius 3 is 2.45 bits per heavy atom. The summed E-state index contributed by atoms with van der Waals surface area (Å²) in [6, 6.07) is -0.00886. The Balaban J connectivity index is 2.26. The maximum Gasteiger partial charge on any atom is 0.407 e. The summed E-state index contributed by atoms with van der Waals surface area (Å²) < 4.78 is 28.3. The van der Waals surface area contributed by atoms with Gasteiger partial charge >= 0.3 is 6.09 Å². The molecule has 2 unspecified atom stereocenters. The van der Waals surface area contributed by atoms with Gasteiger partial charge < -0.3 is 15.4 Å². The van der Waals surface area contributed by atoms with Crippen molar-refractivity contribution >= 4 is 15.9 Å². The fourth-order valence-corrected chi connectivity index (χ4v) is 3.83. The zero-order valence-corrected chi connectivity index (χ0v) is 13.5. The van der Waals surface area contributed by atoms with E-state index >= 15 is 0 Å². The topological polar surface area (TPSA) is 84.5 Å². The Morgan fingerprint density at radius 2 is 1.90 bits per heavy atom. The van der Waals surface area contributed by atoms with E-state index in [-0.39, 0.29) is 11.3 Å². The van der Waals surface area contributed by atoms with E-state index in [4.69, 9.17) is 4.74 Å². The molecule has 0 aromatic carbocycles. The molecule has 0 bridgehead atoms. The molecular weight excluding hydrogens is 280 g/mol. The third-order valence-electron chi connectivity index (χ3n) is 3.20. The smallest absolute Gasteiger partial charge is 0.407 e. The summed E-state index contributed by atoms with van der Waals surface area (Å²) in [4.78, 5) is 11.4. The van der Waals surface area contributed by atoms with Crippen LogP contribution in [-0.4, -0.2) is 50.7 Å². The maximum absolute atomic E-state index is 11.6. The molecular formula is C13H26N2O4S. The van der Waals surface area contributed by atoms with Crippen molar-refractivity contribution in [1.82, 2.24) is 10.6 Å². The highest BCUT2D eigenvalue weighted by Crippen LogP contribution is 2.24. The standard InChI is InChI=1S/C13H26N2O4S/c1-13(2,3)19-12(16)15-9-8-14-10-6-5-7-11(10)20(4,17)18/h10-11,14H,5-9H2,1-4H3,(H,15,16). The number of rotatable bonds is 5. The van der Waals surface area contributed by atoms with E-state index in [1.54, 1.807) is 20.8 Å². The van der Waals surface area contributed by atoms with Gasteiger partial charge in [0.2, 0.25) is 0 Å². The Hall–Kier alpha value is -0.820. The predicted octanol–water partition coefficient (Wildman–Crippen LogP) is 1.07. The van der Waals surface area contributed by atoms with Crippen molar-refractivity contribution in [2.24, 2.45) is 0 Å². The van der Waals surface area contributed by atoms with Crippen LogP contribution in [0.3, 0.4) is 0 Å². The molecule has 0 saturated heterocycles. The predicted molar refractivity (Wildman–Crippen MR) is 78.5 cm³/mol. The molecule has 1 rings (SSSR count). The van der Waals surface area contributed by atoms with Crippen LogP contribution in [0.1, 0.15) is 40.0 Å². The van der Waals surface area contributed by atoms with Gasteiger partial charge in [0, 0.05) is 25.4 Å². The summed E-state index contributed by atoms with van der Waals surface area (Å²) in [5.41, 5.74) is -0.510. The van der Waals surface area contributed by atoms with Crippen molar-refractivity contribution in [3.8, 4) is 0 Å². The zero-order chi connectivity index (χ0) is 15.4. The summed E-state index contributed by atoms with van der Waals surface area (Å²) >= 11 is 0. The van der Waals surface area contributed by atoms with E-state index in [0.29, 0.717) is 13.1 Å². The number of sulfone groups is 1. The summed E-state index contributed by atoms with van der Waals surface area (Å²) in [5.74, 6) is 0. The number of carbonyl (C=O) groups excluding carboxylic acids is 1. The number of amides is 1. The molecule has 2 atom stereocenters. The fraction of sp³-hybridized carbons (Fsp3) is 0.923. The first-order valence-electron chi connectivity index (χ1n) is 6.99. The molecule has 0 radical (unpaired) electrons. The summed E-state index contributed by atoms with van der Waals surface area (Å²) in [5, 5.41) is 5.55. The highest BCUT2D eigenvalue weighted by atomic mass is 32.2. The fourth-order valence-electron chi connectivity index (χ4n) is 2.41. The van der Waals surface area contributed by atoms with Crippen LogP contribution in [0.2, 0.25) is 0 Å². The lowest BCUT2D eigenvalue weighted by Gasteiger charge is -2.21. The van der Waals surface area contributed by atoms with Gasteiger partial charge in [0.05, 0.1) is 5.25 Å². The highest BCUT2D eigenvalue weighted by Gasteiger charge is 2.34. The largest absolute Gasteiger partial charge is 0.444 e. The maximum atomic E-state index is 11.6. The van der Waals surface area contributed by atoms with E-state index in [2.05, 4.69) is 10.6 Å². The molecule has 118 valence electrons. The molecule has 0 spiro atoms. The number of nitrogens with one attached hydrogen (secondary N) is 2. The van der Waals surface area contributed by atoms with Crippen LogP contribution in [0.15, 0.2) is 0 Å². The molecule has 20 heavy (non-hydrogen) atoms. The van der Waals surface area contributed by atoms with Gasteiger partial charge in [0.25, 0.3) is 0 Å². The highest BCUT2D eigenvalue weighted by molar-refractivity contribution is 7.91. The Labute approximate surface area is 121 Å². The Bertz CT molecular complexity index is 428. The van der Waals surface area contributed by atoms with Crippen molar-refractivity contribution in [2.45, 2.75) is 56.9 Å². The van der Waals surface area contributed by atoms with Gasteiger partial charge in [-0.25, -0.2) is 13.2 Å². The van der Waals surface area contributed by atoms with E-state index in [1.165, 1.54) is 6.26 Å². The van der Waals surface area contributed by atoms with E-state index in [1.807, 2.05) is 0 Å². The number of ether oxygens (including phenoxy) is 1. The van der Waals surface area contributed by atoms with Crippen molar-refractivity contribution in [3.63, 3.8) is 0 Å². The number of alkyl carbamates (subject to hydrolysis) is 1. The van der Waals surface area contributed by atoms with E-state index < -0.39 is 21.5 Å². The zero-order valence-electron chi connectivity index (χ0n) is 12.7. The third-order valence-corrected chi connectivity index (χ3v) is 4.87. The van der Waals surface area contributed by atoms with Gasteiger partial charge in [-0.3, -0.25) is 0 Å². The molecule has 1 saturated carbocycles. The van der Waals surface area contributed by atoms with Crippen molar-refractivity contribution in [1.29, 1.82) is 0 Å². The first kappa shape index (κ1) is 17.2. The van der Waals surface area contributed by atoms with Gasteiger partial charge in [0.15, 0.2) is 9.84 Å². The lowest BCUT2D eigenvalue weighted by atomic mass is 10.2. The first-order chi connectivity index (χ1) is 9.09. The average molecular weight is 306 g/mol. The minimum atomic E-state index is -3.00. The Kier molecular flexibility index (Phi) is 5.82. The normalized spacial score (nSPS) is 23.6. The Morgan fingerprint density at radius 1 is 1.25 bits per heavy atom. The SMILES string of the molecule is CC(C)(C)OC(=O)NCCNC1CCCC1S(C)(=O)=O. The lowest BCUT2D eigenvalue weighted by Crippen LogP contribution is -2.44. The molecule has 0 aromatic heterocycles. The molecule has 1 aliphatic rings. The second-order valence-corrected chi connectivity index (χ2v) is 8.55. The molecule has 2 N–H and O–H groups in total. The van der Waals surface area contributed by atoms with Gasteiger partial charge in [0.1, 0.15) is 5.60 Å². The summed E-state index contributed by atoms with van der Waals surface area (Å²) in [6.07, 6.45) is 3.34. The summed E-state index contributed by atoms with van der Waals surface area (Å²) in [7, 11) is -3.00. The van der Waals surface area contributed by atoms with Crippen LogP contribution in [-0.2, 0) is 14.6 Å². The van der Waals surface area contributed by atoms with Gasteiger partial charge in [-0.1, -0.05) is 6.42 Å². The molecule has 6 nitrogen and oxygen atoms in total. The van der Waals surface area contributed by atoms with Crippen molar-refractivity contribution in [3.05, 3.63) is 0 Å². The minimum Gasteiger partial charge on any atom is -0.444 e. The molecule has 0 aromatic rings. The quantitative estimate of drug-likeness (QED) is 0.742. The van der Waals surface area contributed by atoms with E-state index in [0.717, 1.165) is 19.3 Å². The lowest BCUT2D eigenvalue weighted by molar-refractivity contribution is 0.0528. The van der Waals surface area contributed by atoms with Crippen molar-refractivity contribution < 1.29 is 17.9 Å². The third kappa shape index (κ3) is 6.09. The number of hydrogen-bond donors (Lipinski definition) is 2. The second-order valence-electron chi connectivity index (χ2n) is 6.29. The monoisotopic (exact) mass is 306 g/mol. The van der Waals surface area contributed by atoms with Crippen LogP contribution in [0, 0.1) is 0 Å². The van der Waals surface area contributed by atoms with Crippen LogP contribution >= 0.6 is 0 Å². The molecule has 1 aliphatic carbocycles. The molecule has 0 aliphatic heterocycles. The molecule has 0 heterocycles. The van der Waals surface area contributed by atoms with Gasteiger partial charge in [-0.05, 0) is 33.6 Å². The number of hydrogen-bond acceptors (Lipinski definition) is 5. The van der Waals surface area contributed by atoms with Gasteiger partial charge in [-0.2, -0.15) is 0 Å². The molecule has 1 fully saturated rings. The van der Waals surface area contributed by atoms with E-state index in [9.17, 15) is 13.2 Å². The first-order valence-corrected chi connectivity index (χ1v) is 8.94.